The third-order valence-corrected chi connectivity index (χ3v) is 3.49. The number of nitrogens with one attached hydrogen (secondary N) is 2. The quantitative estimate of drug-likeness (QED) is 0.763. The van der Waals surface area contributed by atoms with Crippen molar-refractivity contribution in [1.82, 2.24) is 15.3 Å². The summed E-state index contributed by atoms with van der Waals surface area (Å²) in [6.07, 6.45) is 0.476. The Morgan fingerprint density at radius 3 is 2.62 bits per heavy atom. The molecular weight excluding hydrogens is 337 g/mol. The van der Waals surface area contributed by atoms with Gasteiger partial charge in [-0.05, 0) is 24.6 Å². The fourth-order valence-corrected chi connectivity index (χ4v) is 2.24. The standard InChI is InChI=1S/C15H15ClFN5O2/c1-3-10-12(16)22-14(11(21-10)13(18)23)20-7-4-5-9(17)8(6-7)15(24)19-2/h4-6H,3H2,1-2H3,(H2,18,23)(H,19,24)(H,20,22). The summed E-state index contributed by atoms with van der Waals surface area (Å²) in [6.45, 7) is 1.81. The van der Waals surface area contributed by atoms with E-state index in [-0.39, 0.29) is 22.2 Å². The maximum atomic E-state index is 13.7. The van der Waals surface area contributed by atoms with Crippen molar-refractivity contribution in [3.63, 3.8) is 0 Å². The van der Waals surface area contributed by atoms with Crippen molar-refractivity contribution in [2.45, 2.75) is 13.3 Å². The third kappa shape index (κ3) is 3.60. The highest BCUT2D eigenvalue weighted by molar-refractivity contribution is 6.30. The Kier molecular flexibility index (Phi) is 5.30. The minimum absolute atomic E-state index is 0.0270. The van der Waals surface area contributed by atoms with E-state index in [9.17, 15) is 14.0 Å². The topological polar surface area (TPSA) is 110 Å². The van der Waals surface area contributed by atoms with Gasteiger partial charge in [-0.15, -0.1) is 0 Å². The van der Waals surface area contributed by atoms with Gasteiger partial charge in [-0.25, -0.2) is 14.4 Å². The molecule has 9 heteroatoms. The molecule has 0 fully saturated rings. The molecule has 0 aliphatic heterocycles. The molecule has 0 atom stereocenters. The van der Waals surface area contributed by atoms with Crippen LogP contribution in [0.25, 0.3) is 0 Å². The number of amides is 2. The molecule has 0 radical (unpaired) electrons. The lowest BCUT2D eigenvalue weighted by Crippen LogP contribution is -2.20. The fourth-order valence-electron chi connectivity index (χ4n) is 1.98. The first-order chi connectivity index (χ1) is 11.4. The summed E-state index contributed by atoms with van der Waals surface area (Å²) in [5.74, 6) is -2.03. The summed E-state index contributed by atoms with van der Waals surface area (Å²) < 4.78 is 13.7. The van der Waals surface area contributed by atoms with Gasteiger partial charge in [0, 0.05) is 12.7 Å². The van der Waals surface area contributed by atoms with Crippen LogP contribution in [0.3, 0.4) is 0 Å². The molecule has 2 rings (SSSR count). The Balaban J connectivity index is 2.46. The zero-order chi connectivity index (χ0) is 17.9. The molecule has 0 unspecified atom stereocenters. The third-order valence-electron chi connectivity index (χ3n) is 3.19. The second-order valence-corrected chi connectivity index (χ2v) is 5.13. The number of hydrogen-bond acceptors (Lipinski definition) is 5. The highest BCUT2D eigenvalue weighted by Gasteiger charge is 2.17. The Morgan fingerprint density at radius 1 is 1.33 bits per heavy atom. The molecule has 0 saturated heterocycles. The highest BCUT2D eigenvalue weighted by Crippen LogP contribution is 2.23. The first kappa shape index (κ1) is 17.6. The Morgan fingerprint density at radius 2 is 2.04 bits per heavy atom. The molecule has 1 aromatic heterocycles. The van der Waals surface area contributed by atoms with Gasteiger partial charge in [0.15, 0.2) is 16.7 Å². The maximum absolute atomic E-state index is 13.7. The van der Waals surface area contributed by atoms with Crippen molar-refractivity contribution in [2.24, 2.45) is 5.73 Å². The van der Waals surface area contributed by atoms with Crippen LogP contribution in [0, 0.1) is 5.82 Å². The number of carbonyl (C=O) groups excluding carboxylic acids is 2. The van der Waals surface area contributed by atoms with Gasteiger partial charge in [0.25, 0.3) is 11.8 Å². The largest absolute Gasteiger partial charge is 0.364 e. The molecule has 126 valence electrons. The van der Waals surface area contributed by atoms with Crippen molar-refractivity contribution in [3.8, 4) is 0 Å². The SMILES string of the molecule is CCc1nc(C(N)=O)c(Nc2ccc(F)c(C(=O)NC)c2)nc1Cl. The molecular formula is C15H15ClFN5O2. The molecule has 1 heterocycles. The van der Waals surface area contributed by atoms with Gasteiger partial charge >= 0.3 is 0 Å². The summed E-state index contributed by atoms with van der Waals surface area (Å²) in [7, 11) is 1.39. The van der Waals surface area contributed by atoms with E-state index in [2.05, 4.69) is 20.6 Å². The second-order valence-electron chi connectivity index (χ2n) is 4.77. The minimum Gasteiger partial charge on any atom is -0.364 e. The summed E-state index contributed by atoms with van der Waals surface area (Å²) in [4.78, 5) is 31.4. The number of rotatable bonds is 5. The first-order valence-electron chi connectivity index (χ1n) is 7.02. The van der Waals surface area contributed by atoms with Crippen LogP contribution in [0.4, 0.5) is 15.9 Å². The van der Waals surface area contributed by atoms with Crippen molar-refractivity contribution in [1.29, 1.82) is 0 Å². The lowest BCUT2D eigenvalue weighted by Gasteiger charge is -2.12. The molecule has 1 aromatic carbocycles. The van der Waals surface area contributed by atoms with Crippen LogP contribution in [0.2, 0.25) is 5.15 Å². The van der Waals surface area contributed by atoms with Crippen LogP contribution >= 0.6 is 11.6 Å². The molecule has 4 N–H and O–H groups in total. The van der Waals surface area contributed by atoms with Crippen molar-refractivity contribution in [2.75, 3.05) is 12.4 Å². The van der Waals surface area contributed by atoms with Crippen LogP contribution in [-0.4, -0.2) is 28.8 Å². The van der Waals surface area contributed by atoms with Crippen LogP contribution in [-0.2, 0) is 6.42 Å². The van der Waals surface area contributed by atoms with E-state index in [1.54, 1.807) is 0 Å². The van der Waals surface area contributed by atoms with Gasteiger partial charge in [-0.1, -0.05) is 18.5 Å². The van der Waals surface area contributed by atoms with E-state index in [0.29, 0.717) is 17.8 Å². The molecule has 0 saturated carbocycles. The maximum Gasteiger partial charge on any atom is 0.271 e. The molecule has 0 spiro atoms. The smallest absolute Gasteiger partial charge is 0.271 e. The fraction of sp³-hybridized carbons (Fsp3) is 0.200. The molecule has 2 aromatic rings. The van der Waals surface area contributed by atoms with Gasteiger partial charge < -0.3 is 16.4 Å². The number of halogens is 2. The normalized spacial score (nSPS) is 10.3. The summed E-state index contributed by atoms with van der Waals surface area (Å²) >= 11 is 6.01. The van der Waals surface area contributed by atoms with Crippen molar-refractivity contribution < 1.29 is 14.0 Å². The summed E-state index contributed by atoms with van der Waals surface area (Å²) in [5, 5.41) is 5.25. The molecule has 24 heavy (non-hydrogen) atoms. The highest BCUT2D eigenvalue weighted by atomic mass is 35.5. The number of anilines is 2. The number of aryl methyl sites for hydroxylation is 1. The summed E-state index contributed by atoms with van der Waals surface area (Å²) in [6, 6.07) is 3.78. The van der Waals surface area contributed by atoms with Crippen molar-refractivity contribution in [3.05, 3.63) is 46.1 Å². The van der Waals surface area contributed by atoms with E-state index >= 15 is 0 Å². The van der Waals surface area contributed by atoms with E-state index in [1.165, 1.54) is 19.2 Å². The molecule has 0 aliphatic rings. The number of benzene rings is 1. The monoisotopic (exact) mass is 351 g/mol. The molecule has 7 nitrogen and oxygen atoms in total. The predicted octanol–water partition coefficient (Wildman–Crippen LogP) is 2.03. The van der Waals surface area contributed by atoms with Gasteiger partial charge in [0.1, 0.15) is 5.82 Å². The lowest BCUT2D eigenvalue weighted by atomic mass is 10.1. The minimum atomic E-state index is -0.787. The number of aromatic nitrogens is 2. The average Bonchev–Trinajstić information content (AvgIpc) is 2.55. The Bertz CT molecular complexity index is 813. The van der Waals surface area contributed by atoms with E-state index in [1.807, 2.05) is 6.92 Å². The molecule has 0 aliphatic carbocycles. The Hall–Kier alpha value is -2.74. The Labute approximate surface area is 142 Å². The number of nitrogens with zero attached hydrogens (tertiary/aromatic N) is 2. The van der Waals surface area contributed by atoms with E-state index < -0.39 is 17.6 Å². The van der Waals surface area contributed by atoms with Gasteiger partial charge in [-0.3, -0.25) is 9.59 Å². The second kappa shape index (κ2) is 7.22. The molecule has 0 bridgehead atoms. The van der Waals surface area contributed by atoms with Gasteiger partial charge in [0.05, 0.1) is 11.3 Å². The number of nitrogens with two attached hydrogens (primary N) is 1. The molecule has 2 amide bonds. The lowest BCUT2D eigenvalue weighted by molar-refractivity contribution is 0.0957. The number of primary amides is 1. The van der Waals surface area contributed by atoms with Gasteiger partial charge in [-0.2, -0.15) is 0 Å². The van der Waals surface area contributed by atoms with Gasteiger partial charge in [0.2, 0.25) is 0 Å². The van der Waals surface area contributed by atoms with Crippen LogP contribution < -0.4 is 16.4 Å². The van der Waals surface area contributed by atoms with E-state index in [4.69, 9.17) is 17.3 Å². The van der Waals surface area contributed by atoms with Crippen LogP contribution in [0.1, 0.15) is 33.5 Å². The van der Waals surface area contributed by atoms with E-state index in [0.717, 1.165) is 6.07 Å². The predicted molar refractivity (Wildman–Crippen MR) is 88.0 cm³/mol. The number of hydrogen-bond donors (Lipinski definition) is 3. The van der Waals surface area contributed by atoms with Crippen LogP contribution in [0.5, 0.6) is 0 Å². The summed E-state index contributed by atoms with van der Waals surface area (Å²) in [5.41, 5.74) is 5.82. The average molecular weight is 352 g/mol. The van der Waals surface area contributed by atoms with Crippen molar-refractivity contribution >= 4 is 34.9 Å². The first-order valence-corrected chi connectivity index (χ1v) is 7.40. The zero-order valence-electron chi connectivity index (χ0n) is 13.0. The number of carbonyl (C=O) groups is 2. The van der Waals surface area contributed by atoms with Crippen LogP contribution in [0.15, 0.2) is 18.2 Å². The zero-order valence-corrected chi connectivity index (χ0v) is 13.7.